The Hall–Kier alpha value is 2.64. The van der Waals surface area contributed by atoms with E-state index in [1.54, 1.807) is 0 Å². The SMILES string of the molecule is O=S(=O)(O)O.[AlH3].[Fe].[NaH].[Ti]. The normalized spacial score (nSPS) is 6.44. The number of hydrogen-bond acceptors (Lipinski definition) is 2. The van der Waals surface area contributed by atoms with E-state index in [9.17, 15) is 0 Å². The van der Waals surface area contributed by atoms with Crippen molar-refractivity contribution in [2.24, 2.45) is 0 Å². The second kappa shape index (κ2) is 13.2. The van der Waals surface area contributed by atoms with E-state index < -0.39 is 10.4 Å². The van der Waals surface area contributed by atoms with Crippen LogP contribution in [-0.2, 0) is 49.2 Å². The van der Waals surface area contributed by atoms with Gasteiger partial charge in [-0.3, -0.25) is 9.11 Å². The van der Waals surface area contributed by atoms with Crippen molar-refractivity contribution in [2.45, 2.75) is 0 Å². The fourth-order valence-corrected chi connectivity index (χ4v) is 0. The van der Waals surface area contributed by atoms with Gasteiger partial charge in [0.05, 0.1) is 0 Å². The van der Waals surface area contributed by atoms with Gasteiger partial charge < -0.3 is 0 Å². The van der Waals surface area contributed by atoms with Crippen molar-refractivity contribution in [3.63, 3.8) is 0 Å². The van der Waals surface area contributed by atoms with Crippen LogP contribution >= 0.6 is 0 Å². The topological polar surface area (TPSA) is 74.6 Å². The van der Waals surface area contributed by atoms with Gasteiger partial charge in [0.15, 0.2) is 17.4 Å². The molecular weight excluding hydrogens is 250 g/mol. The molecule has 9 heavy (non-hydrogen) atoms. The van der Waals surface area contributed by atoms with Gasteiger partial charge in [0.1, 0.15) is 0 Å². The Morgan fingerprint density at radius 2 is 1.11 bits per heavy atom. The molecule has 0 heterocycles. The van der Waals surface area contributed by atoms with Crippen LogP contribution in [0.1, 0.15) is 0 Å². The minimum atomic E-state index is -4.67. The molecular formula is H6AlFeNaO4STi. The third-order valence-corrected chi connectivity index (χ3v) is 0. The largest absolute Gasteiger partial charge is 0 e. The first-order chi connectivity index (χ1) is 2.00. The first-order valence-corrected chi connectivity index (χ1v) is 2.10. The molecule has 4 nitrogen and oxygen atoms in total. The fraction of sp³-hybridized carbons (Fsp3) is 0. The molecule has 0 amide bonds. The Morgan fingerprint density at radius 1 is 1.11 bits per heavy atom. The molecule has 0 unspecified atom stereocenters. The molecule has 0 saturated carbocycles. The van der Waals surface area contributed by atoms with E-state index in [4.69, 9.17) is 17.5 Å². The maximum atomic E-state index is 8.74. The van der Waals surface area contributed by atoms with Gasteiger partial charge >= 0.3 is 40.0 Å². The van der Waals surface area contributed by atoms with Crippen molar-refractivity contribution < 1.29 is 56.3 Å². The molecule has 0 aliphatic rings. The molecule has 52 valence electrons. The molecule has 0 atom stereocenters. The van der Waals surface area contributed by atoms with Crippen LogP contribution in [0, 0.1) is 0 Å². The Balaban J connectivity index is -0.0000000133. The van der Waals surface area contributed by atoms with Crippen LogP contribution in [0.3, 0.4) is 0 Å². The first-order valence-electron chi connectivity index (χ1n) is 0.698. The third-order valence-electron chi connectivity index (χ3n) is 0. The quantitative estimate of drug-likeness (QED) is 0.371. The van der Waals surface area contributed by atoms with Gasteiger partial charge in [0.25, 0.3) is 0 Å². The van der Waals surface area contributed by atoms with Gasteiger partial charge in [0, 0.05) is 38.8 Å². The smallest absolute Gasteiger partial charge is 0 e. The number of hydrogen-bond donors (Lipinski definition) is 2. The molecule has 0 fully saturated rings. The van der Waals surface area contributed by atoms with Crippen LogP contribution in [0.25, 0.3) is 0 Å². The van der Waals surface area contributed by atoms with Crippen molar-refractivity contribution >= 4 is 57.3 Å². The van der Waals surface area contributed by atoms with Crippen LogP contribution in [0.5, 0.6) is 0 Å². The molecule has 0 bridgehead atoms. The predicted octanol–water partition coefficient (Wildman–Crippen LogP) is -2.49. The Bertz CT molecular complexity index is 104. The van der Waals surface area contributed by atoms with Crippen LogP contribution in [0.4, 0.5) is 0 Å². The summed E-state index contributed by atoms with van der Waals surface area (Å²) in [5.74, 6) is 0. The van der Waals surface area contributed by atoms with Crippen LogP contribution in [0.2, 0.25) is 0 Å². The van der Waals surface area contributed by atoms with E-state index in [2.05, 4.69) is 0 Å². The standard InChI is InChI=1S/Al.Fe.Na.H2O4S.Ti.4H/c;;;1-5(2,3)4;;;;;/h;;;(H2,1,2,3,4);;;;;. The monoisotopic (exact) mass is 256 g/mol. The number of rotatable bonds is 0. The first kappa shape index (κ1) is 29.9. The summed E-state index contributed by atoms with van der Waals surface area (Å²) < 4.78 is 31.6. The van der Waals surface area contributed by atoms with Gasteiger partial charge in [0.2, 0.25) is 0 Å². The zero-order valence-electron chi connectivity index (χ0n) is 2.97. The molecule has 0 aliphatic carbocycles. The summed E-state index contributed by atoms with van der Waals surface area (Å²) in [6, 6.07) is 0. The molecule has 0 aliphatic heterocycles. The Kier molecular flexibility index (Phi) is 44.0. The second-order valence-electron chi connectivity index (χ2n) is 0.448. The molecule has 0 spiro atoms. The van der Waals surface area contributed by atoms with E-state index in [1.165, 1.54) is 0 Å². The zero-order chi connectivity index (χ0) is 4.50. The zero-order valence-corrected chi connectivity index (χ0v) is 6.45. The minimum Gasteiger partial charge on any atom is 0 e. The third kappa shape index (κ3) is 114. The average Bonchev–Trinajstić information content (AvgIpc) is 0.722. The molecule has 2 N–H and O–H groups in total. The molecule has 0 saturated heterocycles. The molecule has 0 aromatic carbocycles. The van der Waals surface area contributed by atoms with E-state index in [1.807, 2.05) is 0 Å². The predicted molar refractivity (Wildman–Crippen MR) is 31.3 cm³/mol. The van der Waals surface area contributed by atoms with Crippen LogP contribution in [0.15, 0.2) is 0 Å². The van der Waals surface area contributed by atoms with Crippen LogP contribution in [-0.4, -0.2) is 64.4 Å². The Labute approximate surface area is 112 Å². The van der Waals surface area contributed by atoms with Gasteiger partial charge in [-0.1, -0.05) is 0 Å². The molecule has 0 aromatic heterocycles. The maximum absolute atomic E-state index is 8.74. The summed E-state index contributed by atoms with van der Waals surface area (Å²) >= 11 is 0. The van der Waals surface area contributed by atoms with E-state index in [0.29, 0.717) is 0 Å². The molecule has 0 rings (SSSR count). The summed E-state index contributed by atoms with van der Waals surface area (Å²) in [4.78, 5) is 0. The van der Waals surface area contributed by atoms with Gasteiger partial charge in [-0.05, 0) is 0 Å². The van der Waals surface area contributed by atoms with Crippen molar-refractivity contribution in [3.05, 3.63) is 0 Å². The summed E-state index contributed by atoms with van der Waals surface area (Å²) in [7, 11) is -4.67. The van der Waals surface area contributed by atoms with Crippen LogP contribution < -0.4 is 0 Å². The fourth-order valence-electron chi connectivity index (χ4n) is 0. The average molecular weight is 256 g/mol. The van der Waals surface area contributed by atoms with E-state index in [0.717, 1.165) is 0 Å². The molecule has 0 aromatic rings. The minimum absolute atomic E-state index is 0. The van der Waals surface area contributed by atoms with Crippen molar-refractivity contribution in [3.8, 4) is 0 Å². The maximum Gasteiger partial charge on any atom is 0 e. The van der Waals surface area contributed by atoms with Crippen molar-refractivity contribution in [2.75, 3.05) is 0 Å². The molecule has 0 radical (unpaired) electrons. The van der Waals surface area contributed by atoms with Gasteiger partial charge in [-0.25, -0.2) is 0 Å². The molecule has 9 heteroatoms. The summed E-state index contributed by atoms with van der Waals surface area (Å²) in [5, 5.41) is 0. The van der Waals surface area contributed by atoms with Crippen molar-refractivity contribution in [1.82, 2.24) is 0 Å². The Morgan fingerprint density at radius 3 is 1.11 bits per heavy atom. The van der Waals surface area contributed by atoms with E-state index >= 15 is 0 Å². The second-order valence-corrected chi connectivity index (χ2v) is 1.34. The summed E-state index contributed by atoms with van der Waals surface area (Å²) in [6.07, 6.45) is 0. The van der Waals surface area contributed by atoms with E-state index in [-0.39, 0.29) is 85.7 Å². The van der Waals surface area contributed by atoms with Gasteiger partial charge in [-0.2, -0.15) is 8.42 Å². The van der Waals surface area contributed by atoms with Gasteiger partial charge in [-0.15, -0.1) is 0 Å². The van der Waals surface area contributed by atoms with Crippen molar-refractivity contribution in [1.29, 1.82) is 0 Å². The summed E-state index contributed by atoms with van der Waals surface area (Å²) in [6.45, 7) is 0. The summed E-state index contributed by atoms with van der Waals surface area (Å²) in [5.41, 5.74) is 0.